The third-order valence-electron chi connectivity index (χ3n) is 3.60. The number of amides is 1. The summed E-state index contributed by atoms with van der Waals surface area (Å²) in [6.07, 6.45) is 7.24. The van der Waals surface area contributed by atoms with Crippen LogP contribution in [0.3, 0.4) is 0 Å². The fourth-order valence-electron chi connectivity index (χ4n) is 2.38. The average molecular weight is 259 g/mol. The molecule has 0 radical (unpaired) electrons. The molecule has 1 fully saturated rings. The van der Waals surface area contributed by atoms with Gasteiger partial charge in [0.2, 0.25) is 5.91 Å². The third-order valence-corrected chi connectivity index (χ3v) is 3.60. The number of carbonyl (C=O) groups excluding carboxylic acids is 1. The highest BCUT2D eigenvalue weighted by Crippen LogP contribution is 2.19. The first-order chi connectivity index (χ1) is 9.16. The van der Waals surface area contributed by atoms with Crippen molar-refractivity contribution < 1.29 is 4.79 Å². The van der Waals surface area contributed by atoms with E-state index in [1.807, 2.05) is 30.0 Å². The summed E-state index contributed by atoms with van der Waals surface area (Å²) < 4.78 is 0. The van der Waals surface area contributed by atoms with Gasteiger partial charge in [0, 0.05) is 31.4 Å². The van der Waals surface area contributed by atoms with Gasteiger partial charge in [0.1, 0.15) is 0 Å². The van der Waals surface area contributed by atoms with E-state index in [0.29, 0.717) is 5.92 Å². The normalized spacial score (nSPS) is 21.6. The predicted octanol–water partition coefficient (Wildman–Crippen LogP) is 1.68. The first kappa shape index (κ1) is 13.7. The van der Waals surface area contributed by atoms with Crippen molar-refractivity contribution in [3.05, 3.63) is 36.2 Å². The van der Waals surface area contributed by atoms with Crippen LogP contribution in [0.1, 0.15) is 25.5 Å². The predicted molar refractivity (Wildman–Crippen MR) is 76.2 cm³/mol. The Bertz CT molecular complexity index is 442. The van der Waals surface area contributed by atoms with Crippen molar-refractivity contribution in [2.45, 2.75) is 25.8 Å². The number of hydrogen-bond acceptors (Lipinski definition) is 3. The minimum absolute atomic E-state index is 0.0519. The maximum Gasteiger partial charge on any atom is 0.246 e. The van der Waals surface area contributed by atoms with Gasteiger partial charge in [-0.2, -0.15) is 0 Å². The molecule has 2 N–H and O–H groups in total. The molecule has 0 bridgehead atoms. The van der Waals surface area contributed by atoms with Crippen LogP contribution >= 0.6 is 0 Å². The van der Waals surface area contributed by atoms with Gasteiger partial charge >= 0.3 is 0 Å². The third kappa shape index (κ3) is 3.89. The molecule has 0 aromatic carbocycles. The molecule has 0 saturated carbocycles. The average Bonchev–Trinajstić information content (AvgIpc) is 2.46. The topological polar surface area (TPSA) is 59.2 Å². The fourth-order valence-corrected chi connectivity index (χ4v) is 2.38. The summed E-state index contributed by atoms with van der Waals surface area (Å²) in [7, 11) is 0. The Morgan fingerprint density at radius 1 is 1.58 bits per heavy atom. The number of hydrogen-bond donors (Lipinski definition) is 1. The SMILES string of the molecule is CC(N)C1CCCN(C(=O)C=Cc2ccccn2)C1. The van der Waals surface area contributed by atoms with Gasteiger partial charge in [0.15, 0.2) is 0 Å². The van der Waals surface area contributed by atoms with Crippen LogP contribution in [-0.2, 0) is 4.79 Å². The number of rotatable bonds is 3. The Morgan fingerprint density at radius 3 is 3.11 bits per heavy atom. The van der Waals surface area contributed by atoms with E-state index in [1.165, 1.54) is 0 Å². The quantitative estimate of drug-likeness (QED) is 0.840. The highest BCUT2D eigenvalue weighted by Gasteiger charge is 2.24. The zero-order valence-electron chi connectivity index (χ0n) is 11.3. The van der Waals surface area contributed by atoms with Gasteiger partial charge < -0.3 is 10.6 Å². The molecule has 1 amide bonds. The standard InChI is InChI=1S/C15H21N3O/c1-12(16)13-5-4-10-18(11-13)15(19)8-7-14-6-2-3-9-17-14/h2-3,6-9,12-13H,4-5,10-11,16H2,1H3. The molecule has 2 unspecified atom stereocenters. The minimum Gasteiger partial charge on any atom is -0.339 e. The molecule has 0 aliphatic carbocycles. The Balaban J connectivity index is 1.94. The summed E-state index contributed by atoms with van der Waals surface area (Å²) in [6, 6.07) is 5.79. The molecule has 2 heterocycles. The van der Waals surface area contributed by atoms with Crippen molar-refractivity contribution in [3.63, 3.8) is 0 Å². The van der Waals surface area contributed by atoms with E-state index < -0.39 is 0 Å². The largest absolute Gasteiger partial charge is 0.339 e. The number of carbonyl (C=O) groups is 1. The number of piperidine rings is 1. The molecule has 2 rings (SSSR count). The van der Waals surface area contributed by atoms with Gasteiger partial charge in [-0.05, 0) is 43.9 Å². The van der Waals surface area contributed by atoms with Crippen LogP contribution < -0.4 is 5.73 Å². The summed E-state index contributed by atoms with van der Waals surface area (Å²) in [5.74, 6) is 0.469. The van der Waals surface area contributed by atoms with E-state index in [9.17, 15) is 4.79 Å². The lowest BCUT2D eigenvalue weighted by atomic mass is 9.92. The van der Waals surface area contributed by atoms with Crippen molar-refractivity contribution >= 4 is 12.0 Å². The Hall–Kier alpha value is -1.68. The number of pyridine rings is 1. The summed E-state index contributed by atoms with van der Waals surface area (Å²) in [5.41, 5.74) is 6.73. The number of nitrogens with two attached hydrogens (primary N) is 1. The van der Waals surface area contributed by atoms with E-state index in [1.54, 1.807) is 18.3 Å². The zero-order valence-corrected chi connectivity index (χ0v) is 11.3. The van der Waals surface area contributed by atoms with Crippen LogP contribution in [0.4, 0.5) is 0 Å². The second-order valence-electron chi connectivity index (χ2n) is 5.13. The molecule has 102 valence electrons. The van der Waals surface area contributed by atoms with E-state index in [4.69, 9.17) is 5.73 Å². The van der Waals surface area contributed by atoms with Crippen molar-refractivity contribution in [3.8, 4) is 0 Å². The van der Waals surface area contributed by atoms with E-state index in [0.717, 1.165) is 31.6 Å². The Kier molecular flexibility index (Phi) is 4.68. The molecule has 1 aliphatic rings. The van der Waals surface area contributed by atoms with Crippen LogP contribution in [0, 0.1) is 5.92 Å². The first-order valence-corrected chi connectivity index (χ1v) is 6.80. The molecule has 1 aliphatic heterocycles. The summed E-state index contributed by atoms with van der Waals surface area (Å²) in [4.78, 5) is 18.2. The van der Waals surface area contributed by atoms with Gasteiger partial charge in [-0.25, -0.2) is 0 Å². The van der Waals surface area contributed by atoms with E-state index in [-0.39, 0.29) is 11.9 Å². The molecule has 1 saturated heterocycles. The van der Waals surface area contributed by atoms with Crippen LogP contribution in [-0.4, -0.2) is 34.9 Å². The van der Waals surface area contributed by atoms with Gasteiger partial charge in [0.25, 0.3) is 0 Å². The lowest BCUT2D eigenvalue weighted by Gasteiger charge is -2.34. The van der Waals surface area contributed by atoms with Crippen molar-refractivity contribution in [1.29, 1.82) is 0 Å². The second kappa shape index (κ2) is 6.48. The molecule has 19 heavy (non-hydrogen) atoms. The van der Waals surface area contributed by atoms with Crippen molar-refractivity contribution in [2.24, 2.45) is 11.7 Å². The summed E-state index contributed by atoms with van der Waals surface area (Å²) in [6.45, 7) is 3.61. The summed E-state index contributed by atoms with van der Waals surface area (Å²) >= 11 is 0. The first-order valence-electron chi connectivity index (χ1n) is 6.80. The molecule has 1 aromatic heterocycles. The van der Waals surface area contributed by atoms with Gasteiger partial charge in [0.05, 0.1) is 5.69 Å². The molecular weight excluding hydrogens is 238 g/mol. The summed E-state index contributed by atoms with van der Waals surface area (Å²) in [5, 5.41) is 0. The Morgan fingerprint density at radius 2 is 2.42 bits per heavy atom. The lowest BCUT2D eigenvalue weighted by molar-refractivity contribution is -0.127. The van der Waals surface area contributed by atoms with E-state index >= 15 is 0 Å². The smallest absolute Gasteiger partial charge is 0.246 e. The Labute approximate surface area is 114 Å². The molecule has 0 spiro atoms. The van der Waals surface area contributed by atoms with Crippen LogP contribution in [0.5, 0.6) is 0 Å². The van der Waals surface area contributed by atoms with E-state index in [2.05, 4.69) is 4.98 Å². The number of likely N-dealkylation sites (tertiary alicyclic amines) is 1. The van der Waals surface area contributed by atoms with Crippen LogP contribution in [0.15, 0.2) is 30.5 Å². The minimum atomic E-state index is 0.0519. The van der Waals surface area contributed by atoms with Gasteiger partial charge in [-0.15, -0.1) is 0 Å². The molecule has 4 nitrogen and oxygen atoms in total. The highest BCUT2D eigenvalue weighted by molar-refractivity contribution is 5.91. The maximum absolute atomic E-state index is 12.1. The molecule has 4 heteroatoms. The zero-order chi connectivity index (χ0) is 13.7. The van der Waals surface area contributed by atoms with Crippen LogP contribution in [0.2, 0.25) is 0 Å². The monoisotopic (exact) mass is 259 g/mol. The fraction of sp³-hybridized carbons (Fsp3) is 0.467. The highest BCUT2D eigenvalue weighted by atomic mass is 16.2. The number of nitrogens with zero attached hydrogens (tertiary/aromatic N) is 2. The maximum atomic E-state index is 12.1. The second-order valence-corrected chi connectivity index (χ2v) is 5.13. The molecular formula is C15H21N3O. The number of aromatic nitrogens is 1. The molecule has 2 atom stereocenters. The lowest BCUT2D eigenvalue weighted by Crippen LogP contribution is -2.44. The van der Waals surface area contributed by atoms with Crippen LogP contribution in [0.25, 0.3) is 6.08 Å². The van der Waals surface area contributed by atoms with Crippen molar-refractivity contribution in [2.75, 3.05) is 13.1 Å². The van der Waals surface area contributed by atoms with Gasteiger partial charge in [-0.1, -0.05) is 6.07 Å². The van der Waals surface area contributed by atoms with Crippen molar-refractivity contribution in [1.82, 2.24) is 9.88 Å². The van der Waals surface area contributed by atoms with Gasteiger partial charge in [-0.3, -0.25) is 9.78 Å². The molecule has 1 aromatic rings.